The zero-order valence-corrected chi connectivity index (χ0v) is 19.3. The molecule has 2 heterocycles. The van der Waals surface area contributed by atoms with E-state index in [1.165, 1.54) is 4.90 Å². The molecule has 1 aliphatic rings. The van der Waals surface area contributed by atoms with Gasteiger partial charge in [-0.05, 0) is 35.7 Å². The molecule has 3 N–H and O–H groups in total. The quantitative estimate of drug-likeness (QED) is 0.351. The smallest absolute Gasteiger partial charge is 0.294 e. The number of carbonyl (C=O) groups is 3. The summed E-state index contributed by atoms with van der Waals surface area (Å²) in [5.41, 5.74) is 4.51. The van der Waals surface area contributed by atoms with Crippen LogP contribution in [0, 0.1) is 0 Å². The second kappa shape index (κ2) is 9.70. The van der Waals surface area contributed by atoms with Crippen molar-refractivity contribution >= 4 is 40.7 Å². The topological polar surface area (TPSA) is 116 Å². The third-order valence-electron chi connectivity index (χ3n) is 5.54. The molecule has 0 spiro atoms. The molecule has 1 aliphatic heterocycles. The van der Waals surface area contributed by atoms with Crippen LogP contribution in [-0.4, -0.2) is 46.6 Å². The van der Waals surface area contributed by atoms with Crippen LogP contribution in [0.25, 0.3) is 0 Å². The van der Waals surface area contributed by atoms with Gasteiger partial charge in [-0.1, -0.05) is 31.2 Å². The largest absolute Gasteiger partial charge is 0.366 e. The molecule has 0 fully saturated rings. The fourth-order valence-corrected chi connectivity index (χ4v) is 3.71. The molecule has 9 heteroatoms. The zero-order valence-electron chi connectivity index (χ0n) is 19.3. The van der Waals surface area contributed by atoms with Crippen molar-refractivity contribution in [2.75, 3.05) is 30.0 Å². The number of rotatable bonds is 8. The molecule has 1 aromatic heterocycles. The Balaban J connectivity index is 1.53. The molecule has 0 saturated carbocycles. The van der Waals surface area contributed by atoms with E-state index in [0.29, 0.717) is 35.9 Å². The number of ketones is 1. The first-order valence-corrected chi connectivity index (χ1v) is 11.0. The molecule has 3 aromatic rings. The van der Waals surface area contributed by atoms with Gasteiger partial charge in [0.25, 0.3) is 11.7 Å². The summed E-state index contributed by atoms with van der Waals surface area (Å²) in [5.74, 6) is -0.0919. The van der Waals surface area contributed by atoms with E-state index in [1.807, 2.05) is 37.3 Å². The second-order valence-corrected chi connectivity index (χ2v) is 8.18. The van der Waals surface area contributed by atoms with Crippen LogP contribution in [-0.2, 0) is 29.0 Å². The molecule has 2 amide bonds. The molecule has 0 unspecified atom stereocenters. The Morgan fingerprint density at radius 2 is 1.91 bits per heavy atom. The van der Waals surface area contributed by atoms with E-state index in [1.54, 1.807) is 32.4 Å². The number of likely N-dealkylation sites (N-methyl/N-ethyl adjacent to an activating group) is 1. The van der Waals surface area contributed by atoms with Crippen molar-refractivity contribution in [2.45, 2.75) is 26.3 Å². The van der Waals surface area contributed by atoms with Gasteiger partial charge in [0, 0.05) is 49.3 Å². The van der Waals surface area contributed by atoms with Crippen LogP contribution in [0.1, 0.15) is 34.0 Å². The van der Waals surface area contributed by atoms with E-state index in [-0.39, 0.29) is 5.91 Å². The molecular weight excluding hydrogens is 432 g/mol. The van der Waals surface area contributed by atoms with Gasteiger partial charge in [-0.15, -0.1) is 0 Å². The molecule has 0 radical (unpaired) electrons. The molecule has 4 rings (SSSR count). The fraction of sp³-hybridized carbons (Fsp3) is 0.240. The van der Waals surface area contributed by atoms with Crippen molar-refractivity contribution in [1.29, 1.82) is 0 Å². The standard InChI is InChI=1S/C25H26N6O3/c1-4-15-13-27-25(28-18-9-10-20-17(11-18)12-21(32)29-20)30-23(15)26-14-16-7-5-6-8-19(16)22(33)24(34)31(2)3/h5-11,13H,4,12,14H2,1-3H3,(H,29,32)(H2,26,27,28,30). The van der Waals surface area contributed by atoms with Crippen molar-refractivity contribution in [3.8, 4) is 0 Å². The Morgan fingerprint density at radius 3 is 2.68 bits per heavy atom. The van der Waals surface area contributed by atoms with Crippen LogP contribution in [0.4, 0.5) is 23.1 Å². The Morgan fingerprint density at radius 1 is 1.12 bits per heavy atom. The summed E-state index contributed by atoms with van der Waals surface area (Å²) in [4.78, 5) is 46.7. The van der Waals surface area contributed by atoms with E-state index >= 15 is 0 Å². The lowest BCUT2D eigenvalue weighted by molar-refractivity contribution is -0.124. The average Bonchev–Trinajstić information content (AvgIpc) is 3.21. The molecule has 9 nitrogen and oxygen atoms in total. The Kier molecular flexibility index (Phi) is 6.53. The summed E-state index contributed by atoms with van der Waals surface area (Å²) in [7, 11) is 3.11. The van der Waals surface area contributed by atoms with Gasteiger partial charge in [-0.2, -0.15) is 4.98 Å². The van der Waals surface area contributed by atoms with E-state index in [2.05, 4.69) is 25.9 Å². The summed E-state index contributed by atoms with van der Waals surface area (Å²) >= 11 is 0. The van der Waals surface area contributed by atoms with Crippen LogP contribution < -0.4 is 16.0 Å². The number of nitrogens with one attached hydrogen (secondary N) is 3. The Labute approximate surface area is 197 Å². The number of aryl methyl sites for hydroxylation is 1. The number of hydrogen-bond acceptors (Lipinski definition) is 7. The van der Waals surface area contributed by atoms with Crippen molar-refractivity contribution in [3.63, 3.8) is 0 Å². The van der Waals surface area contributed by atoms with Gasteiger partial charge in [0.2, 0.25) is 11.9 Å². The van der Waals surface area contributed by atoms with Crippen molar-refractivity contribution in [3.05, 3.63) is 70.9 Å². The molecule has 174 valence electrons. The summed E-state index contributed by atoms with van der Waals surface area (Å²) in [6.07, 6.45) is 2.82. The number of hydrogen-bond donors (Lipinski definition) is 3. The normalized spacial score (nSPS) is 12.0. The first-order valence-electron chi connectivity index (χ1n) is 11.0. The van der Waals surface area contributed by atoms with Gasteiger partial charge >= 0.3 is 0 Å². The lowest BCUT2D eigenvalue weighted by Gasteiger charge is -2.15. The molecule has 0 aliphatic carbocycles. The highest BCUT2D eigenvalue weighted by Crippen LogP contribution is 2.27. The number of amides is 2. The first-order chi connectivity index (χ1) is 16.4. The van der Waals surface area contributed by atoms with Crippen LogP contribution in [0.5, 0.6) is 0 Å². The maximum Gasteiger partial charge on any atom is 0.294 e. The molecule has 2 aromatic carbocycles. The van der Waals surface area contributed by atoms with Gasteiger partial charge in [-0.25, -0.2) is 4.98 Å². The van der Waals surface area contributed by atoms with E-state index in [9.17, 15) is 14.4 Å². The number of nitrogens with zero attached hydrogens (tertiary/aromatic N) is 3. The predicted molar refractivity (Wildman–Crippen MR) is 130 cm³/mol. The molecular formula is C25H26N6O3. The summed E-state index contributed by atoms with van der Waals surface area (Å²) < 4.78 is 0. The summed E-state index contributed by atoms with van der Waals surface area (Å²) in [6.45, 7) is 2.33. The summed E-state index contributed by atoms with van der Waals surface area (Å²) in [6, 6.07) is 12.7. The van der Waals surface area contributed by atoms with Crippen LogP contribution in [0.15, 0.2) is 48.7 Å². The molecule has 0 atom stereocenters. The third kappa shape index (κ3) is 4.88. The van der Waals surface area contributed by atoms with Crippen LogP contribution >= 0.6 is 0 Å². The minimum absolute atomic E-state index is 0.0202. The van der Waals surface area contributed by atoms with Gasteiger partial charge < -0.3 is 20.9 Å². The highest BCUT2D eigenvalue weighted by Gasteiger charge is 2.21. The predicted octanol–water partition coefficient (Wildman–Crippen LogP) is 3.16. The van der Waals surface area contributed by atoms with Crippen molar-refractivity contribution < 1.29 is 14.4 Å². The number of benzene rings is 2. The number of fused-ring (bicyclic) bond motifs is 1. The zero-order chi connectivity index (χ0) is 24.2. The van der Waals surface area contributed by atoms with Gasteiger partial charge in [0.15, 0.2) is 0 Å². The highest BCUT2D eigenvalue weighted by molar-refractivity contribution is 6.42. The SMILES string of the molecule is CCc1cnc(Nc2ccc3c(c2)CC(=O)N3)nc1NCc1ccccc1C(=O)C(=O)N(C)C. The fourth-order valence-electron chi connectivity index (χ4n) is 3.71. The third-order valence-corrected chi connectivity index (χ3v) is 5.54. The second-order valence-electron chi connectivity index (χ2n) is 8.18. The van der Waals surface area contributed by atoms with Crippen LogP contribution in [0.2, 0.25) is 0 Å². The van der Waals surface area contributed by atoms with Gasteiger partial charge in [0.05, 0.1) is 6.42 Å². The lowest BCUT2D eigenvalue weighted by Crippen LogP contribution is -2.30. The maximum absolute atomic E-state index is 12.6. The van der Waals surface area contributed by atoms with Crippen molar-refractivity contribution in [2.24, 2.45) is 0 Å². The number of aromatic nitrogens is 2. The molecule has 0 bridgehead atoms. The minimum atomic E-state index is -0.568. The Bertz CT molecular complexity index is 1270. The highest BCUT2D eigenvalue weighted by atomic mass is 16.2. The van der Waals surface area contributed by atoms with E-state index < -0.39 is 11.7 Å². The molecule has 34 heavy (non-hydrogen) atoms. The number of Topliss-reactive ketones (excluding diaryl/α,β-unsaturated/α-hetero) is 1. The molecule has 0 saturated heterocycles. The average molecular weight is 459 g/mol. The Hall–Kier alpha value is -4.27. The first kappa shape index (κ1) is 22.9. The van der Waals surface area contributed by atoms with Crippen molar-refractivity contribution in [1.82, 2.24) is 14.9 Å². The monoisotopic (exact) mass is 458 g/mol. The van der Waals surface area contributed by atoms with Gasteiger partial charge in [0.1, 0.15) is 5.82 Å². The van der Waals surface area contributed by atoms with E-state index in [0.717, 1.165) is 28.9 Å². The lowest BCUT2D eigenvalue weighted by atomic mass is 10.0. The van der Waals surface area contributed by atoms with Crippen LogP contribution in [0.3, 0.4) is 0 Å². The van der Waals surface area contributed by atoms with Gasteiger partial charge in [-0.3, -0.25) is 14.4 Å². The maximum atomic E-state index is 12.6. The summed E-state index contributed by atoms with van der Waals surface area (Å²) in [5, 5.41) is 9.30. The minimum Gasteiger partial charge on any atom is -0.366 e. The number of carbonyl (C=O) groups excluding carboxylic acids is 3. The number of anilines is 4. The van der Waals surface area contributed by atoms with E-state index in [4.69, 9.17) is 0 Å².